The molecule has 0 amide bonds. The second kappa shape index (κ2) is 5.66. The van der Waals surface area contributed by atoms with Crippen molar-refractivity contribution in [3.05, 3.63) is 17.5 Å². The van der Waals surface area contributed by atoms with Crippen LogP contribution in [0.15, 0.2) is 6.20 Å². The summed E-state index contributed by atoms with van der Waals surface area (Å²) in [5, 5.41) is 0. The van der Waals surface area contributed by atoms with Gasteiger partial charge in [-0.15, -0.1) is 0 Å². The molecule has 1 aromatic rings. The van der Waals surface area contributed by atoms with E-state index in [0.717, 1.165) is 24.1 Å². The van der Waals surface area contributed by atoms with Crippen LogP contribution in [0.4, 0.5) is 0 Å². The Morgan fingerprint density at radius 2 is 2.20 bits per heavy atom. The quantitative estimate of drug-likeness (QED) is 0.791. The number of nitrogens with two attached hydrogens (primary N) is 1. The molecule has 0 radical (unpaired) electrons. The van der Waals surface area contributed by atoms with Gasteiger partial charge in [-0.3, -0.25) is 0 Å². The van der Waals surface area contributed by atoms with Crippen molar-refractivity contribution in [2.75, 3.05) is 13.7 Å². The molecule has 0 aliphatic heterocycles. The molecule has 4 heteroatoms. The Balaban J connectivity index is 2.93. The summed E-state index contributed by atoms with van der Waals surface area (Å²) in [4.78, 5) is 8.46. The predicted molar refractivity (Wildman–Crippen MR) is 59.9 cm³/mol. The zero-order valence-corrected chi connectivity index (χ0v) is 9.66. The first-order chi connectivity index (χ1) is 7.17. The van der Waals surface area contributed by atoms with Crippen molar-refractivity contribution in [1.29, 1.82) is 0 Å². The van der Waals surface area contributed by atoms with Gasteiger partial charge >= 0.3 is 6.01 Å². The van der Waals surface area contributed by atoms with Crippen molar-refractivity contribution in [3.63, 3.8) is 0 Å². The zero-order valence-electron chi connectivity index (χ0n) is 9.66. The summed E-state index contributed by atoms with van der Waals surface area (Å²) in [5.41, 5.74) is 7.73. The normalized spacial score (nSPS) is 10.7. The fourth-order valence-corrected chi connectivity index (χ4v) is 1.45. The first kappa shape index (κ1) is 11.9. The maximum absolute atomic E-state index is 5.54. The fraction of sp³-hybridized carbons (Fsp3) is 0.636. The van der Waals surface area contributed by atoms with E-state index in [9.17, 15) is 0 Å². The minimum Gasteiger partial charge on any atom is -0.467 e. The van der Waals surface area contributed by atoms with Gasteiger partial charge in [-0.2, -0.15) is 4.98 Å². The van der Waals surface area contributed by atoms with Gasteiger partial charge in [0.2, 0.25) is 0 Å². The number of hydrogen-bond donors (Lipinski definition) is 1. The summed E-state index contributed by atoms with van der Waals surface area (Å²) in [7, 11) is 1.58. The monoisotopic (exact) mass is 209 g/mol. The lowest BCUT2D eigenvalue weighted by Crippen LogP contribution is -2.10. The summed E-state index contributed by atoms with van der Waals surface area (Å²) in [6.07, 6.45) is 3.58. The number of nitrogens with zero attached hydrogens (tertiary/aromatic N) is 2. The van der Waals surface area contributed by atoms with Crippen LogP contribution in [-0.2, 0) is 12.8 Å². The van der Waals surface area contributed by atoms with E-state index >= 15 is 0 Å². The maximum atomic E-state index is 5.54. The lowest BCUT2D eigenvalue weighted by atomic mass is 10.0. The highest BCUT2D eigenvalue weighted by Crippen LogP contribution is 2.14. The molecule has 84 valence electrons. The van der Waals surface area contributed by atoms with Crippen molar-refractivity contribution in [1.82, 2.24) is 9.97 Å². The van der Waals surface area contributed by atoms with Gasteiger partial charge in [-0.25, -0.2) is 4.98 Å². The van der Waals surface area contributed by atoms with Crippen molar-refractivity contribution >= 4 is 0 Å². The number of hydrogen-bond acceptors (Lipinski definition) is 4. The second-order valence-corrected chi connectivity index (χ2v) is 3.97. The summed E-state index contributed by atoms with van der Waals surface area (Å²) < 4.78 is 5.02. The van der Waals surface area contributed by atoms with Crippen LogP contribution in [0.25, 0.3) is 0 Å². The molecular formula is C11H19N3O. The first-order valence-corrected chi connectivity index (χ1v) is 5.26. The van der Waals surface area contributed by atoms with Crippen molar-refractivity contribution < 1.29 is 4.74 Å². The summed E-state index contributed by atoms with van der Waals surface area (Å²) in [6.45, 7) is 4.96. The predicted octanol–water partition coefficient (Wildman–Crippen LogP) is 1.18. The smallest absolute Gasteiger partial charge is 0.316 e. The van der Waals surface area contributed by atoms with Crippen molar-refractivity contribution in [2.45, 2.75) is 26.7 Å². The van der Waals surface area contributed by atoms with Gasteiger partial charge in [-0.05, 0) is 30.9 Å². The van der Waals surface area contributed by atoms with E-state index in [0.29, 0.717) is 18.5 Å². The Hall–Kier alpha value is -1.16. The van der Waals surface area contributed by atoms with E-state index in [4.69, 9.17) is 10.5 Å². The Kier molecular flexibility index (Phi) is 4.49. The second-order valence-electron chi connectivity index (χ2n) is 3.97. The van der Waals surface area contributed by atoms with E-state index in [1.165, 1.54) is 0 Å². The molecular weight excluding hydrogens is 190 g/mol. The third-order valence-corrected chi connectivity index (χ3v) is 2.13. The van der Waals surface area contributed by atoms with Gasteiger partial charge in [0.05, 0.1) is 12.8 Å². The van der Waals surface area contributed by atoms with E-state index in [2.05, 4.69) is 23.8 Å². The van der Waals surface area contributed by atoms with Crippen molar-refractivity contribution in [3.8, 4) is 6.01 Å². The molecule has 0 bridgehead atoms. The summed E-state index contributed by atoms with van der Waals surface area (Å²) >= 11 is 0. The van der Waals surface area contributed by atoms with Crippen LogP contribution >= 0.6 is 0 Å². The van der Waals surface area contributed by atoms with E-state index in [1.807, 2.05) is 6.20 Å². The number of rotatable bonds is 5. The molecule has 0 aliphatic rings. The number of methoxy groups -OCH3 is 1. The van der Waals surface area contributed by atoms with Gasteiger partial charge in [0.1, 0.15) is 0 Å². The van der Waals surface area contributed by atoms with Crippen LogP contribution < -0.4 is 10.5 Å². The highest BCUT2D eigenvalue weighted by atomic mass is 16.5. The molecule has 0 saturated carbocycles. The molecule has 0 aliphatic carbocycles. The highest BCUT2D eigenvalue weighted by Gasteiger charge is 2.08. The molecule has 1 heterocycles. The third kappa shape index (κ3) is 3.47. The molecule has 0 aromatic carbocycles. The minimum absolute atomic E-state index is 0.437. The molecule has 15 heavy (non-hydrogen) atoms. The Morgan fingerprint density at radius 1 is 1.47 bits per heavy atom. The molecule has 0 atom stereocenters. The largest absolute Gasteiger partial charge is 0.467 e. The Morgan fingerprint density at radius 3 is 2.73 bits per heavy atom. The number of ether oxygens (including phenoxy) is 1. The van der Waals surface area contributed by atoms with Gasteiger partial charge in [-0.1, -0.05) is 13.8 Å². The van der Waals surface area contributed by atoms with E-state index in [1.54, 1.807) is 7.11 Å². The molecule has 0 fully saturated rings. The van der Waals surface area contributed by atoms with E-state index in [-0.39, 0.29) is 0 Å². The fourth-order valence-electron chi connectivity index (χ4n) is 1.45. The van der Waals surface area contributed by atoms with Crippen LogP contribution in [0.1, 0.15) is 25.1 Å². The first-order valence-electron chi connectivity index (χ1n) is 5.26. The molecule has 0 spiro atoms. The van der Waals surface area contributed by atoms with Gasteiger partial charge in [0.15, 0.2) is 0 Å². The molecule has 1 rings (SSSR count). The third-order valence-electron chi connectivity index (χ3n) is 2.13. The average molecular weight is 209 g/mol. The Labute approximate surface area is 90.9 Å². The van der Waals surface area contributed by atoms with Crippen LogP contribution in [0, 0.1) is 5.92 Å². The zero-order chi connectivity index (χ0) is 11.3. The minimum atomic E-state index is 0.437. The van der Waals surface area contributed by atoms with Gasteiger partial charge in [0, 0.05) is 6.20 Å². The Bertz CT molecular complexity index is 313. The van der Waals surface area contributed by atoms with Crippen molar-refractivity contribution in [2.24, 2.45) is 11.7 Å². The SMILES string of the molecule is COc1ncc(CCN)c(CC(C)C)n1. The topological polar surface area (TPSA) is 61.0 Å². The molecule has 0 saturated heterocycles. The van der Waals surface area contributed by atoms with E-state index < -0.39 is 0 Å². The standard InChI is InChI=1S/C11H19N3O/c1-8(2)6-10-9(4-5-12)7-13-11(14-10)15-3/h7-8H,4-6,12H2,1-3H3. The molecule has 2 N–H and O–H groups in total. The van der Waals surface area contributed by atoms with Crippen LogP contribution in [0.2, 0.25) is 0 Å². The average Bonchev–Trinajstić information content (AvgIpc) is 2.20. The molecule has 1 aromatic heterocycles. The highest BCUT2D eigenvalue weighted by molar-refractivity contribution is 5.20. The lowest BCUT2D eigenvalue weighted by Gasteiger charge is -2.10. The maximum Gasteiger partial charge on any atom is 0.316 e. The molecule has 4 nitrogen and oxygen atoms in total. The van der Waals surface area contributed by atoms with Gasteiger partial charge < -0.3 is 10.5 Å². The molecule has 0 unspecified atom stereocenters. The van der Waals surface area contributed by atoms with Crippen LogP contribution in [0.5, 0.6) is 6.01 Å². The van der Waals surface area contributed by atoms with Crippen LogP contribution in [0.3, 0.4) is 0 Å². The lowest BCUT2D eigenvalue weighted by molar-refractivity contribution is 0.376. The summed E-state index contributed by atoms with van der Waals surface area (Å²) in [6, 6.07) is 0.437. The van der Waals surface area contributed by atoms with Gasteiger partial charge in [0.25, 0.3) is 0 Å². The summed E-state index contributed by atoms with van der Waals surface area (Å²) in [5.74, 6) is 0.570. The number of aromatic nitrogens is 2. The van der Waals surface area contributed by atoms with Crippen LogP contribution in [-0.4, -0.2) is 23.6 Å².